The molecule has 26 heavy (non-hydrogen) atoms. The van der Waals surface area contributed by atoms with E-state index >= 15 is 0 Å². The van der Waals surface area contributed by atoms with Gasteiger partial charge < -0.3 is 15.7 Å². The molecule has 0 radical (unpaired) electrons. The molecule has 3 N–H and O–H groups in total. The third-order valence-corrected chi connectivity index (χ3v) is 5.01. The first kappa shape index (κ1) is 16.4. The van der Waals surface area contributed by atoms with Crippen LogP contribution in [0.15, 0.2) is 48.5 Å². The van der Waals surface area contributed by atoms with Gasteiger partial charge in [-0.25, -0.2) is 4.68 Å². The maximum absolute atomic E-state index is 13.0. The van der Waals surface area contributed by atoms with E-state index in [9.17, 15) is 9.90 Å². The molecule has 0 saturated carbocycles. The third kappa shape index (κ3) is 2.02. The number of nitrogens with two attached hydrogens (primary N) is 1. The summed E-state index contributed by atoms with van der Waals surface area (Å²) in [5, 5.41) is 16.0. The van der Waals surface area contributed by atoms with Crippen LogP contribution in [0.3, 0.4) is 0 Å². The standard InChI is InChI=1S/C20H20N4O2/c1-12-8-10-14(11-9-12)24-18(21)17(13(2)22-24)20(26)15-6-4-5-7-16(15)23(3)19(20)25/h4-11,26H,21H2,1-3H3/t20-/m1/s1. The zero-order valence-corrected chi connectivity index (χ0v) is 14.9. The lowest BCUT2D eigenvalue weighted by atomic mass is 9.87. The molecule has 1 aliphatic rings. The van der Waals surface area contributed by atoms with Gasteiger partial charge >= 0.3 is 0 Å². The molecular weight excluding hydrogens is 328 g/mol. The molecule has 2 heterocycles. The Bertz CT molecular complexity index is 1020. The summed E-state index contributed by atoms with van der Waals surface area (Å²) >= 11 is 0. The lowest BCUT2D eigenvalue weighted by molar-refractivity contribution is -0.131. The number of fused-ring (bicyclic) bond motifs is 1. The number of hydrogen-bond acceptors (Lipinski definition) is 4. The molecule has 0 saturated heterocycles. The summed E-state index contributed by atoms with van der Waals surface area (Å²) in [6.07, 6.45) is 0. The summed E-state index contributed by atoms with van der Waals surface area (Å²) in [7, 11) is 1.65. The van der Waals surface area contributed by atoms with Crippen LogP contribution in [-0.2, 0) is 10.4 Å². The van der Waals surface area contributed by atoms with Gasteiger partial charge in [-0.05, 0) is 32.0 Å². The van der Waals surface area contributed by atoms with Crippen LogP contribution in [0.5, 0.6) is 0 Å². The molecule has 132 valence electrons. The molecular formula is C20H20N4O2. The van der Waals surface area contributed by atoms with Gasteiger partial charge in [0.2, 0.25) is 5.60 Å². The highest BCUT2D eigenvalue weighted by atomic mass is 16.3. The lowest BCUT2D eigenvalue weighted by Gasteiger charge is -2.22. The van der Waals surface area contributed by atoms with Crippen molar-refractivity contribution in [2.75, 3.05) is 17.7 Å². The summed E-state index contributed by atoms with van der Waals surface area (Å²) in [5.74, 6) is -0.177. The molecule has 1 atom stereocenters. The number of carbonyl (C=O) groups is 1. The number of aromatic nitrogens is 2. The molecule has 6 heteroatoms. The van der Waals surface area contributed by atoms with Crippen molar-refractivity contribution in [1.82, 2.24) is 9.78 Å². The summed E-state index contributed by atoms with van der Waals surface area (Å²) in [6.45, 7) is 3.75. The van der Waals surface area contributed by atoms with E-state index in [1.54, 1.807) is 36.9 Å². The van der Waals surface area contributed by atoms with E-state index in [0.717, 1.165) is 11.3 Å². The lowest BCUT2D eigenvalue weighted by Crippen LogP contribution is -2.40. The van der Waals surface area contributed by atoms with Gasteiger partial charge in [0.05, 0.1) is 22.6 Å². The highest BCUT2D eigenvalue weighted by Gasteiger charge is 2.52. The first-order chi connectivity index (χ1) is 12.4. The van der Waals surface area contributed by atoms with Gasteiger partial charge in [-0.1, -0.05) is 35.9 Å². The number of amides is 1. The molecule has 0 aliphatic carbocycles. The van der Waals surface area contributed by atoms with E-state index in [1.807, 2.05) is 37.3 Å². The number of likely N-dealkylation sites (N-methyl/N-ethyl adjacent to an activating group) is 1. The Morgan fingerprint density at radius 3 is 2.42 bits per heavy atom. The molecule has 0 fully saturated rings. The van der Waals surface area contributed by atoms with E-state index in [2.05, 4.69) is 5.10 Å². The fraction of sp³-hybridized carbons (Fsp3) is 0.200. The van der Waals surface area contributed by atoms with Crippen LogP contribution in [0.1, 0.15) is 22.4 Å². The van der Waals surface area contributed by atoms with Gasteiger partial charge in [0.15, 0.2) is 0 Å². The van der Waals surface area contributed by atoms with Crippen LogP contribution < -0.4 is 10.6 Å². The molecule has 2 aromatic carbocycles. The quantitative estimate of drug-likeness (QED) is 0.744. The van der Waals surface area contributed by atoms with Crippen molar-refractivity contribution in [2.24, 2.45) is 0 Å². The Kier molecular flexibility index (Phi) is 3.42. The van der Waals surface area contributed by atoms with Crippen molar-refractivity contribution in [3.05, 3.63) is 70.9 Å². The van der Waals surface area contributed by atoms with Crippen LogP contribution >= 0.6 is 0 Å². The highest BCUT2D eigenvalue weighted by Crippen LogP contribution is 2.46. The minimum absolute atomic E-state index is 0.257. The maximum atomic E-state index is 13.0. The number of rotatable bonds is 2. The van der Waals surface area contributed by atoms with Crippen molar-refractivity contribution in [3.8, 4) is 5.69 Å². The van der Waals surface area contributed by atoms with Crippen molar-refractivity contribution in [1.29, 1.82) is 0 Å². The maximum Gasteiger partial charge on any atom is 0.268 e. The number of benzene rings is 2. The first-order valence-corrected chi connectivity index (χ1v) is 8.38. The Hall–Kier alpha value is -3.12. The van der Waals surface area contributed by atoms with Crippen LogP contribution in [-0.4, -0.2) is 27.8 Å². The minimum Gasteiger partial charge on any atom is -0.383 e. The van der Waals surface area contributed by atoms with E-state index in [4.69, 9.17) is 5.73 Å². The minimum atomic E-state index is -1.84. The average Bonchev–Trinajstić information content (AvgIpc) is 3.04. The van der Waals surface area contributed by atoms with E-state index in [1.165, 1.54) is 4.90 Å². The number of nitrogens with zero attached hydrogens (tertiary/aromatic N) is 3. The van der Waals surface area contributed by atoms with Crippen molar-refractivity contribution >= 4 is 17.4 Å². The van der Waals surface area contributed by atoms with Crippen LogP contribution in [0, 0.1) is 13.8 Å². The summed E-state index contributed by atoms with van der Waals surface area (Å²) in [4.78, 5) is 14.4. The molecule has 1 aliphatic heterocycles. The number of anilines is 2. The van der Waals surface area contributed by atoms with Gasteiger partial charge in [-0.15, -0.1) is 0 Å². The molecule has 0 bridgehead atoms. The number of hydrogen-bond donors (Lipinski definition) is 2. The molecule has 1 aromatic heterocycles. The second-order valence-electron chi connectivity index (χ2n) is 6.68. The van der Waals surface area contributed by atoms with Gasteiger partial charge in [-0.3, -0.25) is 4.79 Å². The van der Waals surface area contributed by atoms with Crippen molar-refractivity contribution in [2.45, 2.75) is 19.4 Å². The number of para-hydroxylation sites is 1. The molecule has 1 amide bonds. The molecule has 4 rings (SSSR count). The van der Waals surface area contributed by atoms with Gasteiger partial charge in [0.1, 0.15) is 5.82 Å². The smallest absolute Gasteiger partial charge is 0.268 e. The topological polar surface area (TPSA) is 84.4 Å². The zero-order valence-electron chi connectivity index (χ0n) is 14.9. The van der Waals surface area contributed by atoms with Gasteiger partial charge in [0, 0.05) is 12.6 Å². The Balaban J connectivity index is 1.94. The SMILES string of the molecule is Cc1ccc(-n2nc(C)c([C@@]3(O)C(=O)N(C)c4ccccc43)c2N)cc1. The van der Waals surface area contributed by atoms with Crippen molar-refractivity contribution in [3.63, 3.8) is 0 Å². The Labute approximate surface area is 151 Å². The molecule has 3 aromatic rings. The first-order valence-electron chi connectivity index (χ1n) is 8.38. The average molecular weight is 348 g/mol. The predicted octanol–water partition coefficient (Wildman–Crippen LogP) is 2.28. The van der Waals surface area contributed by atoms with Gasteiger partial charge in [0.25, 0.3) is 5.91 Å². The third-order valence-electron chi connectivity index (χ3n) is 5.01. The molecule has 0 unspecified atom stereocenters. The molecule has 6 nitrogen and oxygen atoms in total. The number of aliphatic hydroxyl groups is 1. The number of nitrogen functional groups attached to an aromatic ring is 1. The Morgan fingerprint density at radius 2 is 1.73 bits per heavy atom. The Morgan fingerprint density at radius 1 is 1.08 bits per heavy atom. The second kappa shape index (κ2) is 5.44. The fourth-order valence-electron chi connectivity index (χ4n) is 3.66. The highest BCUT2D eigenvalue weighted by molar-refractivity contribution is 6.09. The normalized spacial score (nSPS) is 19.1. The van der Waals surface area contributed by atoms with Crippen molar-refractivity contribution < 1.29 is 9.90 Å². The fourth-order valence-corrected chi connectivity index (χ4v) is 3.66. The molecule has 0 spiro atoms. The number of aryl methyl sites for hydroxylation is 2. The largest absolute Gasteiger partial charge is 0.383 e. The summed E-state index contributed by atoms with van der Waals surface area (Å²) < 4.78 is 1.57. The summed E-state index contributed by atoms with van der Waals surface area (Å²) in [6, 6.07) is 14.9. The summed E-state index contributed by atoms with van der Waals surface area (Å²) in [5.41, 5.74) is 8.47. The van der Waals surface area contributed by atoms with E-state index in [0.29, 0.717) is 22.5 Å². The van der Waals surface area contributed by atoms with E-state index < -0.39 is 11.5 Å². The van der Waals surface area contributed by atoms with E-state index in [-0.39, 0.29) is 5.82 Å². The zero-order chi connectivity index (χ0) is 18.6. The van der Waals surface area contributed by atoms with Crippen LogP contribution in [0.25, 0.3) is 5.69 Å². The predicted molar refractivity (Wildman–Crippen MR) is 100 cm³/mol. The van der Waals surface area contributed by atoms with Gasteiger partial charge in [-0.2, -0.15) is 5.10 Å². The van der Waals surface area contributed by atoms with Crippen LogP contribution in [0.4, 0.5) is 11.5 Å². The number of carbonyl (C=O) groups excluding carboxylic acids is 1. The van der Waals surface area contributed by atoms with Crippen LogP contribution in [0.2, 0.25) is 0 Å². The second-order valence-corrected chi connectivity index (χ2v) is 6.68. The monoisotopic (exact) mass is 348 g/mol.